The molecule has 0 saturated carbocycles. The topological polar surface area (TPSA) is 42.4 Å². The van der Waals surface area contributed by atoms with E-state index in [1.165, 1.54) is 12.8 Å². The van der Waals surface area contributed by atoms with Crippen LogP contribution >= 0.6 is 0 Å². The minimum atomic E-state index is 0.239. The van der Waals surface area contributed by atoms with Crippen LogP contribution in [-0.4, -0.2) is 24.0 Å². The van der Waals surface area contributed by atoms with Crippen LogP contribution in [0.1, 0.15) is 51.2 Å². The van der Waals surface area contributed by atoms with Crippen molar-refractivity contribution < 1.29 is 4.42 Å². The summed E-state index contributed by atoms with van der Waals surface area (Å²) in [4.78, 5) is 2.52. The van der Waals surface area contributed by atoms with Gasteiger partial charge in [0, 0.05) is 25.6 Å². The second-order valence-electron chi connectivity index (χ2n) is 5.64. The van der Waals surface area contributed by atoms with Gasteiger partial charge in [0.2, 0.25) is 0 Å². The highest BCUT2D eigenvalue weighted by Gasteiger charge is 2.30. The molecular formula is C15H26N2O. The zero-order valence-corrected chi connectivity index (χ0v) is 11.9. The summed E-state index contributed by atoms with van der Waals surface area (Å²) in [7, 11) is 0. The Morgan fingerprint density at radius 2 is 2.17 bits per heavy atom. The summed E-state index contributed by atoms with van der Waals surface area (Å²) in [5.41, 5.74) is 5.99. The van der Waals surface area contributed by atoms with Crippen molar-refractivity contribution in [2.45, 2.75) is 52.1 Å². The monoisotopic (exact) mass is 250 g/mol. The van der Waals surface area contributed by atoms with Crippen LogP contribution in [0.5, 0.6) is 0 Å². The summed E-state index contributed by atoms with van der Waals surface area (Å²) in [6.07, 6.45) is 3.54. The van der Waals surface area contributed by atoms with Gasteiger partial charge in [0.05, 0.1) is 6.04 Å². The van der Waals surface area contributed by atoms with Crippen molar-refractivity contribution in [3.8, 4) is 0 Å². The van der Waals surface area contributed by atoms with E-state index in [4.69, 9.17) is 10.2 Å². The Morgan fingerprint density at radius 1 is 1.39 bits per heavy atom. The van der Waals surface area contributed by atoms with Crippen LogP contribution in [0.2, 0.25) is 0 Å². The van der Waals surface area contributed by atoms with Crippen molar-refractivity contribution in [3.05, 3.63) is 23.7 Å². The SMILES string of the molecule is CCc1ccc(C(CN)N2CC(C)CCC2C)o1. The van der Waals surface area contributed by atoms with Crippen LogP contribution in [-0.2, 0) is 6.42 Å². The van der Waals surface area contributed by atoms with Crippen LogP contribution < -0.4 is 5.73 Å². The van der Waals surface area contributed by atoms with E-state index in [-0.39, 0.29) is 6.04 Å². The van der Waals surface area contributed by atoms with Crippen LogP contribution in [0.15, 0.2) is 16.5 Å². The van der Waals surface area contributed by atoms with Crippen LogP contribution in [0, 0.1) is 5.92 Å². The van der Waals surface area contributed by atoms with Crippen molar-refractivity contribution >= 4 is 0 Å². The predicted octanol–water partition coefficient (Wildman–Crippen LogP) is 2.96. The average Bonchev–Trinajstić information content (AvgIpc) is 2.83. The van der Waals surface area contributed by atoms with Crippen molar-refractivity contribution in [1.82, 2.24) is 4.90 Å². The molecule has 1 fully saturated rings. The number of piperidine rings is 1. The fraction of sp³-hybridized carbons (Fsp3) is 0.733. The number of hydrogen-bond donors (Lipinski definition) is 1. The number of furan rings is 1. The van der Waals surface area contributed by atoms with E-state index in [1.807, 2.05) is 0 Å². The van der Waals surface area contributed by atoms with E-state index in [0.717, 1.165) is 30.4 Å². The molecule has 3 unspecified atom stereocenters. The molecule has 0 aliphatic carbocycles. The summed E-state index contributed by atoms with van der Waals surface area (Å²) < 4.78 is 5.90. The summed E-state index contributed by atoms with van der Waals surface area (Å²) in [5, 5.41) is 0. The molecule has 1 aromatic heterocycles. The van der Waals surface area contributed by atoms with E-state index >= 15 is 0 Å². The van der Waals surface area contributed by atoms with Gasteiger partial charge >= 0.3 is 0 Å². The van der Waals surface area contributed by atoms with E-state index < -0.39 is 0 Å². The summed E-state index contributed by atoms with van der Waals surface area (Å²) in [6, 6.07) is 5.02. The Hall–Kier alpha value is -0.800. The third kappa shape index (κ3) is 2.78. The van der Waals surface area contributed by atoms with Crippen LogP contribution in [0.25, 0.3) is 0 Å². The van der Waals surface area contributed by atoms with Gasteiger partial charge in [-0.1, -0.05) is 13.8 Å². The molecule has 18 heavy (non-hydrogen) atoms. The smallest absolute Gasteiger partial charge is 0.122 e. The number of likely N-dealkylation sites (tertiary alicyclic amines) is 1. The molecule has 0 amide bonds. The normalized spacial score (nSPS) is 27.3. The molecule has 0 bridgehead atoms. The number of rotatable bonds is 4. The molecule has 0 spiro atoms. The van der Waals surface area contributed by atoms with Gasteiger partial charge in [-0.15, -0.1) is 0 Å². The Balaban J connectivity index is 2.16. The largest absolute Gasteiger partial charge is 0.464 e. The fourth-order valence-corrected chi connectivity index (χ4v) is 2.94. The van der Waals surface area contributed by atoms with Gasteiger partial charge in [0.25, 0.3) is 0 Å². The van der Waals surface area contributed by atoms with Gasteiger partial charge in [0.15, 0.2) is 0 Å². The summed E-state index contributed by atoms with van der Waals surface area (Å²) >= 11 is 0. The zero-order valence-electron chi connectivity index (χ0n) is 11.9. The molecule has 2 N–H and O–H groups in total. The zero-order chi connectivity index (χ0) is 13.1. The van der Waals surface area contributed by atoms with Gasteiger partial charge in [-0.2, -0.15) is 0 Å². The van der Waals surface area contributed by atoms with Gasteiger partial charge < -0.3 is 10.2 Å². The minimum Gasteiger partial charge on any atom is -0.464 e. The minimum absolute atomic E-state index is 0.239. The maximum Gasteiger partial charge on any atom is 0.122 e. The standard InChI is InChI=1S/C15H26N2O/c1-4-13-7-8-15(18-13)14(9-16)17-10-11(2)5-6-12(17)3/h7-8,11-12,14H,4-6,9-10,16H2,1-3H3. The first-order chi connectivity index (χ1) is 8.65. The molecule has 3 atom stereocenters. The highest BCUT2D eigenvalue weighted by molar-refractivity contribution is 5.12. The Bertz CT molecular complexity index is 374. The second kappa shape index (κ2) is 5.89. The maximum absolute atomic E-state index is 5.99. The van der Waals surface area contributed by atoms with E-state index in [9.17, 15) is 0 Å². The molecule has 1 saturated heterocycles. The molecule has 1 aliphatic heterocycles. The first-order valence-corrected chi connectivity index (χ1v) is 7.20. The molecule has 0 radical (unpaired) electrons. The predicted molar refractivity (Wildman–Crippen MR) is 74.4 cm³/mol. The lowest BCUT2D eigenvalue weighted by atomic mass is 9.93. The van der Waals surface area contributed by atoms with E-state index in [2.05, 4.69) is 37.8 Å². The third-order valence-corrected chi connectivity index (χ3v) is 4.15. The highest BCUT2D eigenvalue weighted by Crippen LogP contribution is 2.31. The quantitative estimate of drug-likeness (QED) is 0.893. The molecule has 1 aliphatic rings. The van der Waals surface area contributed by atoms with Gasteiger partial charge in [-0.05, 0) is 37.8 Å². The lowest BCUT2D eigenvalue weighted by Gasteiger charge is -2.41. The third-order valence-electron chi connectivity index (χ3n) is 4.15. The maximum atomic E-state index is 5.99. The lowest BCUT2D eigenvalue weighted by Crippen LogP contribution is -2.45. The van der Waals surface area contributed by atoms with Crippen molar-refractivity contribution in [3.63, 3.8) is 0 Å². The molecule has 2 rings (SSSR count). The van der Waals surface area contributed by atoms with E-state index in [1.54, 1.807) is 0 Å². The van der Waals surface area contributed by atoms with Crippen molar-refractivity contribution in [1.29, 1.82) is 0 Å². The van der Waals surface area contributed by atoms with Gasteiger partial charge in [0.1, 0.15) is 11.5 Å². The number of nitrogens with two attached hydrogens (primary N) is 1. The van der Waals surface area contributed by atoms with Crippen LogP contribution in [0.4, 0.5) is 0 Å². The molecule has 1 aromatic rings. The summed E-state index contributed by atoms with van der Waals surface area (Å²) in [6.45, 7) is 8.51. The number of hydrogen-bond acceptors (Lipinski definition) is 3. The molecule has 2 heterocycles. The Labute approximate surface area is 110 Å². The number of nitrogens with zero attached hydrogens (tertiary/aromatic N) is 1. The van der Waals surface area contributed by atoms with Crippen molar-refractivity contribution in [2.24, 2.45) is 11.7 Å². The van der Waals surface area contributed by atoms with E-state index in [0.29, 0.717) is 12.6 Å². The second-order valence-corrected chi connectivity index (χ2v) is 5.64. The van der Waals surface area contributed by atoms with Gasteiger partial charge in [-0.3, -0.25) is 4.90 Å². The van der Waals surface area contributed by atoms with Gasteiger partial charge in [-0.25, -0.2) is 0 Å². The first kappa shape index (κ1) is 13.6. The average molecular weight is 250 g/mol. The van der Waals surface area contributed by atoms with Crippen LogP contribution in [0.3, 0.4) is 0 Å². The summed E-state index contributed by atoms with van der Waals surface area (Å²) in [5.74, 6) is 2.85. The molecule has 3 heteroatoms. The van der Waals surface area contributed by atoms with Crippen molar-refractivity contribution in [2.75, 3.05) is 13.1 Å². The highest BCUT2D eigenvalue weighted by atomic mass is 16.3. The molecule has 0 aromatic carbocycles. The first-order valence-electron chi connectivity index (χ1n) is 7.20. The number of aryl methyl sites for hydroxylation is 1. The molecule has 3 nitrogen and oxygen atoms in total. The molecular weight excluding hydrogens is 224 g/mol. The lowest BCUT2D eigenvalue weighted by molar-refractivity contribution is 0.0689. The Morgan fingerprint density at radius 3 is 2.78 bits per heavy atom. The molecule has 102 valence electrons. The fourth-order valence-electron chi connectivity index (χ4n) is 2.94. The Kier molecular flexibility index (Phi) is 4.46.